The fourth-order valence-corrected chi connectivity index (χ4v) is 6.07. The Hall–Kier alpha value is -2.87. The van der Waals surface area contributed by atoms with Gasteiger partial charge in [0, 0.05) is 56.9 Å². The minimum atomic E-state index is -3.58. The largest absolute Gasteiger partial charge is 0.368 e. The van der Waals surface area contributed by atoms with E-state index < -0.39 is 9.84 Å². The van der Waals surface area contributed by atoms with Crippen molar-refractivity contribution < 1.29 is 18.0 Å². The zero-order valence-corrected chi connectivity index (χ0v) is 21.0. The number of rotatable bonds is 6. The molecule has 0 aliphatic carbocycles. The number of anilines is 2. The zero-order chi connectivity index (χ0) is 24.5. The molecule has 0 saturated carbocycles. The monoisotopic (exact) mass is 483 g/mol. The van der Waals surface area contributed by atoms with Crippen LogP contribution in [-0.2, 0) is 25.8 Å². The standard InChI is InChI=1S/C26H33N3O4S/c1-4-25(30)29-12-10-21-18-22(8-9-24(21)29)34(32,33)17-11-26(31)28-15-13-27(14-16-28)23-7-5-6-19(2)20(23)3/h5-9,18H,4,10-17H2,1-3H3. The van der Waals surface area contributed by atoms with Crippen LogP contribution in [-0.4, -0.2) is 63.6 Å². The first-order chi connectivity index (χ1) is 16.2. The maximum Gasteiger partial charge on any atom is 0.226 e. The number of aryl methyl sites for hydroxylation is 1. The van der Waals surface area contributed by atoms with Crippen LogP contribution < -0.4 is 9.80 Å². The Bertz CT molecular complexity index is 1200. The fourth-order valence-electron chi connectivity index (χ4n) is 4.79. The van der Waals surface area contributed by atoms with Crippen molar-refractivity contribution in [1.82, 2.24) is 4.90 Å². The predicted octanol–water partition coefficient (Wildman–Crippen LogP) is 3.12. The Labute approximate surface area is 202 Å². The lowest BCUT2D eigenvalue weighted by Gasteiger charge is -2.37. The van der Waals surface area contributed by atoms with Crippen LogP contribution in [0.2, 0.25) is 0 Å². The Balaban J connectivity index is 1.34. The number of benzene rings is 2. The molecule has 0 N–H and O–H groups in total. The molecule has 1 fully saturated rings. The van der Waals surface area contributed by atoms with Crippen molar-refractivity contribution in [1.29, 1.82) is 0 Å². The Morgan fingerprint density at radius 2 is 1.65 bits per heavy atom. The molecule has 0 aromatic heterocycles. The van der Waals surface area contributed by atoms with Crippen LogP contribution in [0.5, 0.6) is 0 Å². The highest BCUT2D eigenvalue weighted by atomic mass is 32.2. The van der Waals surface area contributed by atoms with Crippen LogP contribution in [0.3, 0.4) is 0 Å². The highest BCUT2D eigenvalue weighted by molar-refractivity contribution is 7.91. The summed E-state index contributed by atoms with van der Waals surface area (Å²) in [4.78, 5) is 30.9. The van der Waals surface area contributed by atoms with E-state index in [0.717, 1.165) is 24.3 Å². The van der Waals surface area contributed by atoms with Gasteiger partial charge < -0.3 is 14.7 Å². The first-order valence-electron chi connectivity index (χ1n) is 12.0. The number of amides is 2. The van der Waals surface area contributed by atoms with Crippen molar-refractivity contribution >= 4 is 33.0 Å². The van der Waals surface area contributed by atoms with E-state index in [2.05, 4.69) is 36.9 Å². The first-order valence-corrected chi connectivity index (χ1v) is 13.6. The summed E-state index contributed by atoms with van der Waals surface area (Å²) in [7, 11) is -3.58. The molecule has 0 unspecified atom stereocenters. The van der Waals surface area contributed by atoms with Gasteiger partial charge in [0.2, 0.25) is 11.8 Å². The van der Waals surface area contributed by atoms with Crippen LogP contribution in [0.25, 0.3) is 0 Å². The molecular weight excluding hydrogens is 450 g/mol. The molecule has 1 saturated heterocycles. The third-order valence-corrected chi connectivity index (χ3v) is 8.76. The van der Waals surface area contributed by atoms with Gasteiger partial charge in [-0.1, -0.05) is 19.1 Å². The molecule has 2 heterocycles. The lowest BCUT2D eigenvalue weighted by Crippen LogP contribution is -2.49. The molecule has 2 aliphatic rings. The maximum atomic E-state index is 12.9. The van der Waals surface area contributed by atoms with Gasteiger partial charge in [-0.3, -0.25) is 9.59 Å². The van der Waals surface area contributed by atoms with Crippen molar-refractivity contribution in [3.05, 3.63) is 53.1 Å². The van der Waals surface area contributed by atoms with Crippen LogP contribution in [0.1, 0.15) is 36.5 Å². The molecule has 182 valence electrons. The molecule has 7 nitrogen and oxygen atoms in total. The van der Waals surface area contributed by atoms with Gasteiger partial charge in [0.15, 0.2) is 9.84 Å². The summed E-state index contributed by atoms with van der Waals surface area (Å²) in [5.41, 5.74) is 5.37. The number of carbonyl (C=O) groups is 2. The van der Waals surface area contributed by atoms with Gasteiger partial charge in [0.25, 0.3) is 0 Å². The lowest BCUT2D eigenvalue weighted by atomic mass is 10.1. The number of piperazine rings is 1. The summed E-state index contributed by atoms with van der Waals surface area (Å²) in [6.45, 7) is 9.27. The summed E-state index contributed by atoms with van der Waals surface area (Å²) in [6, 6.07) is 11.2. The van der Waals surface area contributed by atoms with E-state index in [0.29, 0.717) is 32.5 Å². The van der Waals surface area contributed by atoms with Gasteiger partial charge >= 0.3 is 0 Å². The Morgan fingerprint density at radius 3 is 2.35 bits per heavy atom. The second-order valence-corrected chi connectivity index (χ2v) is 11.2. The molecular formula is C26H33N3O4S. The van der Waals surface area contributed by atoms with Crippen molar-refractivity contribution in [2.45, 2.75) is 44.9 Å². The van der Waals surface area contributed by atoms with Gasteiger partial charge in [-0.15, -0.1) is 0 Å². The lowest BCUT2D eigenvalue weighted by molar-refractivity contribution is -0.131. The fraction of sp³-hybridized carbons (Fsp3) is 0.462. The molecule has 2 aromatic carbocycles. The molecule has 2 aliphatic heterocycles. The topological polar surface area (TPSA) is 78.0 Å². The van der Waals surface area contributed by atoms with Crippen LogP contribution in [0, 0.1) is 13.8 Å². The van der Waals surface area contributed by atoms with Gasteiger partial charge in [-0.05, 0) is 61.2 Å². The Kier molecular flexibility index (Phi) is 6.98. The molecule has 0 radical (unpaired) electrons. The van der Waals surface area contributed by atoms with E-state index in [1.165, 1.54) is 16.8 Å². The van der Waals surface area contributed by atoms with Crippen LogP contribution >= 0.6 is 0 Å². The SMILES string of the molecule is CCC(=O)N1CCc2cc(S(=O)(=O)CCC(=O)N3CCN(c4cccc(C)c4C)CC3)ccc21. The highest BCUT2D eigenvalue weighted by Crippen LogP contribution is 2.31. The summed E-state index contributed by atoms with van der Waals surface area (Å²) in [5.74, 6) is -0.290. The summed E-state index contributed by atoms with van der Waals surface area (Å²) < 4.78 is 25.9. The number of sulfone groups is 1. The van der Waals surface area contributed by atoms with Crippen LogP contribution in [0.15, 0.2) is 41.3 Å². The van der Waals surface area contributed by atoms with Gasteiger partial charge in [0.1, 0.15) is 0 Å². The number of hydrogen-bond acceptors (Lipinski definition) is 5. The molecule has 34 heavy (non-hydrogen) atoms. The molecule has 0 bridgehead atoms. The quantitative estimate of drug-likeness (QED) is 0.631. The minimum absolute atomic E-state index is 0.0245. The summed E-state index contributed by atoms with van der Waals surface area (Å²) >= 11 is 0. The van der Waals surface area contributed by atoms with Crippen LogP contribution in [0.4, 0.5) is 11.4 Å². The van der Waals surface area contributed by atoms with Gasteiger partial charge in [0.05, 0.1) is 10.6 Å². The molecule has 4 rings (SSSR count). The second-order valence-electron chi connectivity index (χ2n) is 9.10. The third-order valence-electron chi connectivity index (χ3n) is 7.04. The second kappa shape index (κ2) is 9.78. The predicted molar refractivity (Wildman–Crippen MR) is 134 cm³/mol. The number of fused-ring (bicyclic) bond motifs is 1. The normalized spacial score (nSPS) is 16.0. The van der Waals surface area contributed by atoms with E-state index in [4.69, 9.17) is 0 Å². The van der Waals surface area contributed by atoms with E-state index in [9.17, 15) is 18.0 Å². The molecule has 0 atom stereocenters. The van der Waals surface area contributed by atoms with E-state index in [-0.39, 0.29) is 28.9 Å². The summed E-state index contributed by atoms with van der Waals surface area (Å²) in [6.07, 6.45) is 1.04. The van der Waals surface area contributed by atoms with Crippen molar-refractivity contribution in [2.24, 2.45) is 0 Å². The highest BCUT2D eigenvalue weighted by Gasteiger charge is 2.27. The smallest absolute Gasteiger partial charge is 0.226 e. The van der Waals surface area contributed by atoms with Crippen molar-refractivity contribution in [2.75, 3.05) is 48.3 Å². The van der Waals surface area contributed by atoms with Crippen molar-refractivity contribution in [3.63, 3.8) is 0 Å². The van der Waals surface area contributed by atoms with E-state index in [1.807, 2.05) is 6.92 Å². The zero-order valence-electron chi connectivity index (χ0n) is 20.2. The average Bonchev–Trinajstić information content (AvgIpc) is 3.27. The summed E-state index contributed by atoms with van der Waals surface area (Å²) in [5, 5.41) is 0. The molecule has 2 aromatic rings. The number of carbonyl (C=O) groups excluding carboxylic acids is 2. The van der Waals surface area contributed by atoms with E-state index >= 15 is 0 Å². The van der Waals surface area contributed by atoms with E-state index in [1.54, 1.807) is 28.0 Å². The van der Waals surface area contributed by atoms with Crippen molar-refractivity contribution in [3.8, 4) is 0 Å². The number of nitrogens with zero attached hydrogens (tertiary/aromatic N) is 3. The molecule has 8 heteroatoms. The molecule has 2 amide bonds. The molecule has 0 spiro atoms. The van der Waals surface area contributed by atoms with Gasteiger partial charge in [-0.2, -0.15) is 0 Å². The number of hydrogen-bond donors (Lipinski definition) is 0. The Morgan fingerprint density at radius 1 is 0.912 bits per heavy atom. The van der Waals surface area contributed by atoms with Gasteiger partial charge in [-0.25, -0.2) is 8.42 Å². The first kappa shape index (κ1) is 24.3. The minimum Gasteiger partial charge on any atom is -0.368 e. The maximum absolute atomic E-state index is 12.9. The third kappa shape index (κ3) is 4.82. The average molecular weight is 484 g/mol.